The van der Waals surface area contributed by atoms with Gasteiger partial charge in [-0.25, -0.2) is 8.42 Å². The summed E-state index contributed by atoms with van der Waals surface area (Å²) in [5, 5.41) is 3.12. The fourth-order valence-corrected chi connectivity index (χ4v) is 6.12. The quantitative estimate of drug-likeness (QED) is 0.244. The number of hydrogen-bond donors (Lipinski definition) is 1. The highest BCUT2D eigenvalue weighted by molar-refractivity contribution is 7.92. The highest BCUT2D eigenvalue weighted by Gasteiger charge is 2.34. The number of benzene rings is 4. The largest absolute Gasteiger partial charge is 0.357 e. The summed E-state index contributed by atoms with van der Waals surface area (Å²) in [5.41, 5.74) is 3.93. The van der Waals surface area contributed by atoms with E-state index >= 15 is 0 Å². The Bertz CT molecular complexity index is 1610. The van der Waals surface area contributed by atoms with Crippen LogP contribution >= 0.6 is 11.6 Å². The minimum absolute atomic E-state index is 0.0491. The number of sulfonamides is 1. The molecule has 0 heterocycles. The van der Waals surface area contributed by atoms with Crippen molar-refractivity contribution in [3.05, 3.63) is 130 Å². The van der Waals surface area contributed by atoms with Crippen molar-refractivity contribution in [2.24, 2.45) is 0 Å². The second-order valence-electron chi connectivity index (χ2n) is 10.1. The SMILES string of the molecule is CNC(=O)[C@H](Cc1ccccc1)N(Cc1ccc(C)cc1)C(=O)CN(c1ccc(Cl)cc1)S(=O)(=O)c1ccc(C)cc1. The molecule has 4 rings (SSSR count). The van der Waals surface area contributed by atoms with Crippen molar-refractivity contribution in [3.63, 3.8) is 0 Å². The molecular weight excluding hydrogens is 570 g/mol. The van der Waals surface area contributed by atoms with Crippen molar-refractivity contribution >= 4 is 39.1 Å². The Kier molecular flexibility index (Phi) is 10.0. The van der Waals surface area contributed by atoms with E-state index in [1.54, 1.807) is 36.4 Å². The number of halogens is 1. The van der Waals surface area contributed by atoms with E-state index in [1.807, 2.05) is 68.4 Å². The van der Waals surface area contributed by atoms with Crippen molar-refractivity contribution in [2.45, 2.75) is 37.8 Å². The number of likely N-dealkylation sites (N-methyl/N-ethyl adjacent to an activating group) is 1. The van der Waals surface area contributed by atoms with Crippen LogP contribution in [-0.4, -0.2) is 44.8 Å². The number of nitrogens with one attached hydrogen (secondary N) is 1. The Morgan fingerprint density at radius 3 is 1.93 bits per heavy atom. The maximum absolute atomic E-state index is 14.3. The van der Waals surface area contributed by atoms with Gasteiger partial charge >= 0.3 is 0 Å². The Morgan fingerprint density at radius 2 is 1.36 bits per heavy atom. The minimum Gasteiger partial charge on any atom is -0.357 e. The average Bonchev–Trinajstić information content (AvgIpc) is 2.99. The molecular formula is C33H34ClN3O4S. The number of aryl methyl sites for hydroxylation is 2. The van der Waals surface area contributed by atoms with Gasteiger partial charge in [-0.1, -0.05) is 89.5 Å². The smallest absolute Gasteiger partial charge is 0.264 e. The minimum atomic E-state index is -4.16. The Balaban J connectivity index is 1.77. The Hall–Kier alpha value is -4.14. The van der Waals surface area contributed by atoms with Gasteiger partial charge in [0.25, 0.3) is 10.0 Å². The van der Waals surface area contributed by atoms with Gasteiger partial charge in [0.2, 0.25) is 11.8 Å². The van der Waals surface area contributed by atoms with Gasteiger partial charge in [-0.05, 0) is 61.4 Å². The third kappa shape index (κ3) is 7.57. The number of anilines is 1. The zero-order valence-corrected chi connectivity index (χ0v) is 25.4. The van der Waals surface area contributed by atoms with E-state index < -0.39 is 28.5 Å². The summed E-state index contributed by atoms with van der Waals surface area (Å²) in [4.78, 5) is 29.1. The first kappa shape index (κ1) is 30.8. The molecule has 9 heteroatoms. The normalized spacial score (nSPS) is 11.9. The van der Waals surface area contributed by atoms with Gasteiger partial charge in [0.1, 0.15) is 12.6 Å². The topological polar surface area (TPSA) is 86.8 Å². The summed E-state index contributed by atoms with van der Waals surface area (Å²) in [5.74, 6) is -0.871. The van der Waals surface area contributed by atoms with Gasteiger partial charge < -0.3 is 10.2 Å². The molecule has 4 aromatic carbocycles. The van der Waals surface area contributed by atoms with Crippen molar-refractivity contribution in [3.8, 4) is 0 Å². The van der Waals surface area contributed by atoms with E-state index in [2.05, 4.69) is 5.32 Å². The molecule has 0 aromatic heterocycles. The summed E-state index contributed by atoms with van der Waals surface area (Å²) in [6.45, 7) is 3.43. The highest BCUT2D eigenvalue weighted by Crippen LogP contribution is 2.26. The first-order valence-corrected chi connectivity index (χ1v) is 15.4. The highest BCUT2D eigenvalue weighted by atomic mass is 35.5. The Labute approximate surface area is 252 Å². The van der Waals surface area contributed by atoms with Gasteiger partial charge in [-0.2, -0.15) is 0 Å². The van der Waals surface area contributed by atoms with Crippen LogP contribution in [0.15, 0.2) is 108 Å². The van der Waals surface area contributed by atoms with Gasteiger partial charge in [0.05, 0.1) is 10.6 Å². The number of nitrogens with zero attached hydrogens (tertiary/aromatic N) is 2. The maximum Gasteiger partial charge on any atom is 0.264 e. The zero-order chi connectivity index (χ0) is 30.3. The first-order valence-electron chi connectivity index (χ1n) is 13.5. The molecule has 0 unspecified atom stereocenters. The van der Waals surface area contributed by atoms with E-state index in [0.717, 1.165) is 26.6 Å². The van der Waals surface area contributed by atoms with Crippen molar-refractivity contribution in [2.75, 3.05) is 17.9 Å². The van der Waals surface area contributed by atoms with Gasteiger partial charge in [-0.15, -0.1) is 0 Å². The van der Waals surface area contributed by atoms with E-state index in [9.17, 15) is 18.0 Å². The van der Waals surface area contributed by atoms with Crippen LogP contribution in [0, 0.1) is 13.8 Å². The summed E-state index contributed by atoms with van der Waals surface area (Å²) in [7, 11) is -2.63. The monoisotopic (exact) mass is 603 g/mol. The molecule has 1 N–H and O–H groups in total. The summed E-state index contributed by atoms with van der Waals surface area (Å²) < 4.78 is 29.0. The molecule has 2 amide bonds. The predicted octanol–water partition coefficient (Wildman–Crippen LogP) is 5.54. The molecule has 0 fully saturated rings. The number of carbonyl (C=O) groups is 2. The van der Waals surface area contributed by atoms with Crippen LogP contribution in [0.25, 0.3) is 0 Å². The third-order valence-corrected chi connectivity index (χ3v) is 9.03. The molecule has 0 aliphatic heterocycles. The second-order valence-corrected chi connectivity index (χ2v) is 12.4. The van der Waals surface area contributed by atoms with E-state index in [-0.39, 0.29) is 29.5 Å². The summed E-state index contributed by atoms with van der Waals surface area (Å²) in [6.07, 6.45) is 0.254. The van der Waals surface area contributed by atoms with Crippen LogP contribution in [-0.2, 0) is 32.6 Å². The summed E-state index contributed by atoms with van der Waals surface area (Å²) >= 11 is 6.10. The number of hydrogen-bond acceptors (Lipinski definition) is 4. The van der Waals surface area contributed by atoms with E-state index in [4.69, 9.17) is 11.6 Å². The van der Waals surface area contributed by atoms with Crippen molar-refractivity contribution in [1.29, 1.82) is 0 Å². The average molecular weight is 604 g/mol. The molecule has 0 aliphatic carbocycles. The molecule has 0 saturated carbocycles. The van der Waals surface area contributed by atoms with E-state index in [1.165, 1.54) is 24.1 Å². The standard InChI is InChI=1S/C33H34ClN3O4S/c1-24-9-13-27(14-10-24)22-36(31(33(39)35-3)21-26-7-5-4-6-8-26)32(38)23-37(29-17-15-28(34)16-18-29)42(40,41)30-19-11-25(2)12-20-30/h4-20,31H,21-23H2,1-3H3,(H,35,39)/t31-/m0/s1. The fourth-order valence-electron chi connectivity index (χ4n) is 4.58. The van der Waals surface area contributed by atoms with Crippen LogP contribution in [0.5, 0.6) is 0 Å². The van der Waals surface area contributed by atoms with Gasteiger partial charge in [-0.3, -0.25) is 13.9 Å². The van der Waals surface area contributed by atoms with Crippen LogP contribution < -0.4 is 9.62 Å². The maximum atomic E-state index is 14.3. The second kappa shape index (κ2) is 13.7. The van der Waals surface area contributed by atoms with Crippen molar-refractivity contribution in [1.82, 2.24) is 10.2 Å². The lowest BCUT2D eigenvalue weighted by Gasteiger charge is -2.33. The predicted molar refractivity (Wildman–Crippen MR) is 167 cm³/mol. The Morgan fingerprint density at radius 1 is 0.786 bits per heavy atom. The van der Waals surface area contributed by atoms with Gasteiger partial charge in [0, 0.05) is 25.0 Å². The lowest BCUT2D eigenvalue weighted by molar-refractivity contribution is -0.139. The molecule has 0 spiro atoms. The number of amides is 2. The lowest BCUT2D eigenvalue weighted by atomic mass is 10.0. The summed E-state index contributed by atoms with van der Waals surface area (Å²) in [6, 6.07) is 28.9. The van der Waals surface area contributed by atoms with Crippen LogP contribution in [0.1, 0.15) is 22.3 Å². The van der Waals surface area contributed by atoms with Crippen molar-refractivity contribution < 1.29 is 18.0 Å². The van der Waals surface area contributed by atoms with Crippen LogP contribution in [0.3, 0.4) is 0 Å². The molecule has 0 radical (unpaired) electrons. The molecule has 4 aromatic rings. The molecule has 1 atom stereocenters. The number of rotatable bonds is 11. The third-order valence-electron chi connectivity index (χ3n) is 6.99. The molecule has 218 valence electrons. The van der Waals surface area contributed by atoms with Crippen LogP contribution in [0.2, 0.25) is 5.02 Å². The van der Waals surface area contributed by atoms with E-state index in [0.29, 0.717) is 5.02 Å². The molecule has 42 heavy (non-hydrogen) atoms. The number of carbonyl (C=O) groups excluding carboxylic acids is 2. The van der Waals surface area contributed by atoms with Crippen LogP contribution in [0.4, 0.5) is 5.69 Å². The molecule has 7 nitrogen and oxygen atoms in total. The zero-order valence-electron chi connectivity index (χ0n) is 23.8. The molecule has 0 aliphatic rings. The van der Waals surface area contributed by atoms with Gasteiger partial charge in [0.15, 0.2) is 0 Å². The lowest BCUT2D eigenvalue weighted by Crippen LogP contribution is -2.53. The first-order chi connectivity index (χ1) is 20.1. The molecule has 0 saturated heterocycles. The fraction of sp³-hybridized carbons (Fsp3) is 0.212. The molecule has 0 bridgehead atoms.